The first kappa shape index (κ1) is 16.8. The summed E-state index contributed by atoms with van der Waals surface area (Å²) in [4.78, 5) is 20.7. The summed E-state index contributed by atoms with van der Waals surface area (Å²) in [5, 5.41) is 0. The van der Waals surface area contributed by atoms with Crippen molar-refractivity contribution in [3.8, 4) is 0 Å². The van der Waals surface area contributed by atoms with E-state index in [9.17, 15) is 26.8 Å². The lowest BCUT2D eigenvalue weighted by Crippen LogP contribution is -2.43. The summed E-state index contributed by atoms with van der Waals surface area (Å²) in [6.07, 6.45) is 0. The van der Waals surface area contributed by atoms with Crippen molar-refractivity contribution in [1.29, 1.82) is 0 Å². The number of nitrogens with zero attached hydrogens (tertiary/aromatic N) is 1. The molecule has 6 N–H and O–H groups in total. The van der Waals surface area contributed by atoms with Gasteiger partial charge < -0.3 is 17.2 Å². The number of anilines is 1. The number of hydrogen-bond acceptors (Lipinski definition) is 5. The van der Waals surface area contributed by atoms with Gasteiger partial charge in [0.2, 0.25) is 21.8 Å². The van der Waals surface area contributed by atoms with E-state index in [0.29, 0.717) is 6.07 Å². The van der Waals surface area contributed by atoms with Crippen molar-refractivity contribution in [2.75, 3.05) is 18.8 Å². The second-order valence-corrected chi connectivity index (χ2v) is 5.92. The molecule has 0 heterocycles. The van der Waals surface area contributed by atoms with Crippen molar-refractivity contribution in [3.05, 3.63) is 23.8 Å². The lowest BCUT2D eigenvalue weighted by Gasteiger charge is -2.19. The van der Waals surface area contributed by atoms with E-state index in [0.717, 1.165) is 0 Å². The topological polar surface area (TPSA) is 150 Å². The second kappa shape index (κ2) is 6.01. The van der Waals surface area contributed by atoms with Crippen LogP contribution >= 0.6 is 0 Å². The van der Waals surface area contributed by atoms with E-state index in [-0.39, 0.29) is 10.4 Å². The Kier molecular flexibility index (Phi) is 4.80. The molecule has 1 aromatic rings. The molecule has 21 heavy (non-hydrogen) atoms. The van der Waals surface area contributed by atoms with Gasteiger partial charge in [0, 0.05) is 6.07 Å². The largest absolute Gasteiger partial charge is 0.396 e. The quantitative estimate of drug-likeness (QED) is 0.545. The highest BCUT2D eigenvalue weighted by molar-refractivity contribution is 7.89. The van der Waals surface area contributed by atoms with Gasteiger partial charge in [-0.1, -0.05) is 0 Å². The molecule has 8 nitrogen and oxygen atoms in total. The van der Waals surface area contributed by atoms with Gasteiger partial charge in [-0.05, 0) is 6.07 Å². The number of nitrogen functional groups attached to an aromatic ring is 1. The number of nitrogens with two attached hydrogens (primary N) is 3. The van der Waals surface area contributed by atoms with Crippen molar-refractivity contribution in [3.63, 3.8) is 0 Å². The zero-order valence-corrected chi connectivity index (χ0v) is 11.4. The molecule has 0 radical (unpaired) electrons. The van der Waals surface area contributed by atoms with Gasteiger partial charge in [0.1, 0.15) is 16.5 Å². The average molecular weight is 322 g/mol. The summed E-state index contributed by atoms with van der Waals surface area (Å²) in [5.41, 5.74) is 14.3. The van der Waals surface area contributed by atoms with Crippen molar-refractivity contribution in [2.45, 2.75) is 4.90 Å². The summed E-state index contributed by atoms with van der Waals surface area (Å²) >= 11 is 0. The molecule has 0 unspecified atom stereocenters. The Balaban J connectivity index is 3.38. The average Bonchev–Trinajstić information content (AvgIpc) is 2.31. The molecule has 0 saturated carbocycles. The van der Waals surface area contributed by atoms with Crippen molar-refractivity contribution < 1.29 is 26.8 Å². The van der Waals surface area contributed by atoms with E-state index in [1.54, 1.807) is 0 Å². The summed E-state index contributed by atoms with van der Waals surface area (Å²) < 4.78 is 51.3. The van der Waals surface area contributed by atoms with Crippen LogP contribution in [0.1, 0.15) is 0 Å². The summed E-state index contributed by atoms with van der Waals surface area (Å²) in [6.45, 7) is -1.80. The molecule has 0 aliphatic carbocycles. The fourth-order valence-electron chi connectivity index (χ4n) is 1.46. The van der Waals surface area contributed by atoms with Gasteiger partial charge in [-0.25, -0.2) is 17.2 Å². The van der Waals surface area contributed by atoms with Gasteiger partial charge in [-0.15, -0.1) is 0 Å². The van der Waals surface area contributed by atoms with Gasteiger partial charge in [-0.2, -0.15) is 4.31 Å². The number of carbonyl (C=O) groups excluding carboxylic acids is 2. The van der Waals surface area contributed by atoms with Gasteiger partial charge >= 0.3 is 0 Å². The number of sulfonamides is 1. The zero-order valence-electron chi connectivity index (χ0n) is 10.5. The van der Waals surface area contributed by atoms with Gasteiger partial charge in [0.15, 0.2) is 0 Å². The van der Waals surface area contributed by atoms with E-state index in [1.165, 1.54) is 0 Å². The molecule has 0 aliphatic heterocycles. The summed E-state index contributed by atoms with van der Waals surface area (Å²) in [5.74, 6) is -4.76. The molecule has 0 aromatic heterocycles. The number of hydrogen-bond donors (Lipinski definition) is 3. The number of halogens is 2. The zero-order chi connectivity index (χ0) is 16.4. The summed E-state index contributed by atoms with van der Waals surface area (Å²) in [7, 11) is -4.65. The highest BCUT2D eigenvalue weighted by atomic mass is 32.2. The third-order valence-corrected chi connectivity index (χ3v) is 4.14. The maximum absolute atomic E-state index is 13.6. The van der Waals surface area contributed by atoms with Crippen LogP contribution in [-0.2, 0) is 19.6 Å². The van der Waals surface area contributed by atoms with Crippen LogP contribution in [0.3, 0.4) is 0 Å². The molecular weight excluding hydrogens is 310 g/mol. The van der Waals surface area contributed by atoms with Crippen LogP contribution in [0.15, 0.2) is 17.0 Å². The molecule has 0 bridgehead atoms. The lowest BCUT2D eigenvalue weighted by atomic mass is 10.3. The Hall–Kier alpha value is -2.27. The van der Waals surface area contributed by atoms with Crippen molar-refractivity contribution in [1.82, 2.24) is 4.31 Å². The number of carbonyl (C=O) groups is 2. The van der Waals surface area contributed by atoms with E-state index < -0.39 is 57.1 Å². The Morgan fingerprint density at radius 1 is 1.05 bits per heavy atom. The van der Waals surface area contributed by atoms with Crippen molar-refractivity contribution >= 4 is 27.5 Å². The Morgan fingerprint density at radius 3 is 1.95 bits per heavy atom. The van der Waals surface area contributed by atoms with Gasteiger partial charge in [0.05, 0.1) is 18.8 Å². The molecule has 0 spiro atoms. The minimum Gasteiger partial charge on any atom is -0.396 e. The van der Waals surface area contributed by atoms with Crippen LogP contribution in [-0.4, -0.2) is 37.6 Å². The fraction of sp³-hybridized carbons (Fsp3) is 0.200. The maximum atomic E-state index is 13.6. The molecule has 0 aliphatic rings. The number of amides is 2. The van der Waals surface area contributed by atoms with Crippen LogP contribution in [0.4, 0.5) is 14.5 Å². The standard InChI is InChI=1S/C10H12F2N4O4S/c11-5-1-6(12)8(2-7(5)13)21(19,20)16(3-9(14)17)4-10(15)18/h1-2H,3-4,13H2,(H2,14,17)(H2,15,18). The first-order chi connectivity index (χ1) is 9.55. The lowest BCUT2D eigenvalue weighted by molar-refractivity contribution is -0.120. The molecule has 1 rings (SSSR count). The number of rotatable bonds is 6. The minimum atomic E-state index is -4.65. The highest BCUT2D eigenvalue weighted by Gasteiger charge is 2.30. The van der Waals surface area contributed by atoms with E-state index >= 15 is 0 Å². The maximum Gasteiger partial charge on any atom is 0.247 e. The van der Waals surface area contributed by atoms with Gasteiger partial charge in [-0.3, -0.25) is 9.59 Å². The molecule has 0 saturated heterocycles. The third kappa shape index (κ3) is 3.86. The van der Waals surface area contributed by atoms with Crippen LogP contribution < -0.4 is 17.2 Å². The van der Waals surface area contributed by atoms with Crippen LogP contribution in [0.2, 0.25) is 0 Å². The second-order valence-electron chi connectivity index (χ2n) is 4.01. The molecule has 1 aromatic carbocycles. The van der Waals surface area contributed by atoms with E-state index in [2.05, 4.69) is 0 Å². The molecule has 2 amide bonds. The minimum absolute atomic E-state index is 0.271. The SMILES string of the molecule is NC(=O)CN(CC(N)=O)S(=O)(=O)c1cc(N)c(F)cc1F. The predicted molar refractivity (Wildman–Crippen MR) is 67.9 cm³/mol. The van der Waals surface area contributed by atoms with Crippen LogP contribution in [0.5, 0.6) is 0 Å². The highest BCUT2D eigenvalue weighted by Crippen LogP contribution is 2.23. The third-order valence-electron chi connectivity index (χ3n) is 2.33. The monoisotopic (exact) mass is 322 g/mol. The molecule has 11 heteroatoms. The first-order valence-corrected chi connectivity index (χ1v) is 6.81. The van der Waals surface area contributed by atoms with Crippen LogP contribution in [0.25, 0.3) is 0 Å². The number of primary amides is 2. The normalized spacial score (nSPS) is 11.6. The Bertz CT molecular complexity index is 677. The Labute approximate surface area is 118 Å². The predicted octanol–water partition coefficient (Wildman–Crippen LogP) is -1.49. The van der Waals surface area contributed by atoms with E-state index in [1.807, 2.05) is 0 Å². The molecule has 0 fully saturated rings. The van der Waals surface area contributed by atoms with Crippen molar-refractivity contribution in [2.24, 2.45) is 11.5 Å². The summed E-state index contributed by atoms with van der Waals surface area (Å²) in [6, 6.07) is 0.809. The first-order valence-electron chi connectivity index (χ1n) is 5.37. The molecule has 116 valence electrons. The van der Waals surface area contributed by atoms with Gasteiger partial charge in [0.25, 0.3) is 0 Å². The molecule has 0 atom stereocenters. The fourth-order valence-corrected chi connectivity index (χ4v) is 2.91. The Morgan fingerprint density at radius 2 is 1.52 bits per heavy atom. The number of benzene rings is 1. The van der Waals surface area contributed by atoms with Crippen LogP contribution in [0, 0.1) is 11.6 Å². The smallest absolute Gasteiger partial charge is 0.247 e. The van der Waals surface area contributed by atoms with E-state index in [4.69, 9.17) is 17.2 Å². The molecular formula is C10H12F2N4O4S.